The molecule has 0 heterocycles. The highest BCUT2D eigenvalue weighted by molar-refractivity contribution is 5.80. The molecule has 0 saturated carbocycles. The van der Waals surface area contributed by atoms with Gasteiger partial charge in [0, 0.05) is 12.3 Å². The molecule has 0 aromatic heterocycles. The van der Waals surface area contributed by atoms with Crippen LogP contribution < -0.4 is 0 Å². The molecule has 1 nitrogen and oxygen atoms in total. The molecule has 0 saturated heterocycles. The molecule has 0 radical (unpaired) electrons. The maximum absolute atomic E-state index is 11.3. The summed E-state index contributed by atoms with van der Waals surface area (Å²) in [6, 6.07) is 0. The van der Waals surface area contributed by atoms with Gasteiger partial charge < -0.3 is 0 Å². The fraction of sp³-hybridized carbons (Fsp3) is 0.727. The van der Waals surface area contributed by atoms with E-state index in [1.165, 1.54) is 5.57 Å². The minimum Gasteiger partial charge on any atom is -0.299 e. The number of ketones is 1. The van der Waals surface area contributed by atoms with Crippen LogP contribution in [0.1, 0.15) is 46.5 Å². The molecule has 0 aliphatic heterocycles. The van der Waals surface area contributed by atoms with Gasteiger partial charge in [-0.15, -0.1) is 6.58 Å². The third kappa shape index (κ3) is 4.32. The summed E-state index contributed by atoms with van der Waals surface area (Å²) in [5.41, 5.74) is 1.18. The van der Waals surface area contributed by atoms with E-state index in [4.69, 9.17) is 0 Å². The van der Waals surface area contributed by atoms with Crippen LogP contribution in [0.25, 0.3) is 0 Å². The monoisotopic (exact) mass is 168 g/mol. The van der Waals surface area contributed by atoms with Crippen LogP contribution in [0.3, 0.4) is 0 Å². The molecule has 0 aliphatic rings. The second-order valence-corrected chi connectivity index (χ2v) is 3.42. The van der Waals surface area contributed by atoms with Gasteiger partial charge in [0.1, 0.15) is 5.78 Å². The second kappa shape index (κ2) is 5.99. The fourth-order valence-corrected chi connectivity index (χ4v) is 1.30. The normalized spacial score (nSPS) is 12.6. The molecule has 0 aliphatic carbocycles. The first-order valence-electron chi connectivity index (χ1n) is 4.78. The van der Waals surface area contributed by atoms with E-state index in [1.54, 1.807) is 0 Å². The van der Waals surface area contributed by atoms with Crippen molar-refractivity contribution in [1.82, 2.24) is 0 Å². The van der Waals surface area contributed by atoms with Gasteiger partial charge in [-0.25, -0.2) is 0 Å². The van der Waals surface area contributed by atoms with Crippen molar-refractivity contribution in [3.8, 4) is 0 Å². The highest BCUT2D eigenvalue weighted by Gasteiger charge is 2.13. The van der Waals surface area contributed by atoms with Gasteiger partial charge in [0.05, 0.1) is 0 Å². The Balaban J connectivity index is 3.83. The highest BCUT2D eigenvalue weighted by atomic mass is 16.1. The number of rotatable bonds is 6. The minimum absolute atomic E-state index is 0.270. The Kier molecular flexibility index (Phi) is 5.69. The van der Waals surface area contributed by atoms with Crippen LogP contribution in [0.15, 0.2) is 12.2 Å². The Bertz CT molecular complexity index is 158. The Morgan fingerprint density at radius 2 is 2.00 bits per heavy atom. The standard InChI is InChI=1S/C11H20O/c1-5-10(11(12)6-2)8-7-9(3)4/h10H,3,5-8H2,1-2,4H3. The first-order chi connectivity index (χ1) is 5.61. The van der Waals surface area contributed by atoms with Crippen molar-refractivity contribution in [1.29, 1.82) is 0 Å². The molecular weight excluding hydrogens is 148 g/mol. The van der Waals surface area contributed by atoms with Crippen molar-refractivity contribution in [2.24, 2.45) is 5.92 Å². The maximum atomic E-state index is 11.3. The Hall–Kier alpha value is -0.590. The molecule has 0 fully saturated rings. The third-order valence-corrected chi connectivity index (χ3v) is 2.22. The number of hydrogen-bond donors (Lipinski definition) is 0. The summed E-state index contributed by atoms with van der Waals surface area (Å²) in [6.07, 6.45) is 3.62. The number of carbonyl (C=O) groups excluding carboxylic acids is 1. The fourth-order valence-electron chi connectivity index (χ4n) is 1.30. The predicted octanol–water partition coefficient (Wildman–Crippen LogP) is 3.35. The number of carbonyl (C=O) groups is 1. The van der Waals surface area contributed by atoms with Crippen molar-refractivity contribution in [2.45, 2.75) is 46.5 Å². The van der Waals surface area contributed by atoms with Crippen LogP contribution in [0, 0.1) is 5.92 Å². The van der Waals surface area contributed by atoms with Crippen molar-refractivity contribution in [3.63, 3.8) is 0 Å². The van der Waals surface area contributed by atoms with Crippen LogP contribution >= 0.6 is 0 Å². The first kappa shape index (κ1) is 11.4. The van der Waals surface area contributed by atoms with Crippen molar-refractivity contribution in [2.75, 3.05) is 0 Å². The van der Waals surface area contributed by atoms with Crippen LogP contribution in [-0.2, 0) is 4.79 Å². The molecule has 1 heteroatoms. The Morgan fingerprint density at radius 3 is 2.33 bits per heavy atom. The lowest BCUT2D eigenvalue weighted by atomic mass is 9.93. The van der Waals surface area contributed by atoms with Gasteiger partial charge in [0.2, 0.25) is 0 Å². The van der Waals surface area contributed by atoms with Crippen LogP contribution in [0.2, 0.25) is 0 Å². The van der Waals surface area contributed by atoms with E-state index in [0.717, 1.165) is 19.3 Å². The van der Waals surface area contributed by atoms with E-state index in [-0.39, 0.29) is 5.92 Å². The average molecular weight is 168 g/mol. The predicted molar refractivity (Wildman–Crippen MR) is 53.1 cm³/mol. The molecule has 0 N–H and O–H groups in total. The van der Waals surface area contributed by atoms with Gasteiger partial charge >= 0.3 is 0 Å². The zero-order valence-electron chi connectivity index (χ0n) is 8.52. The van der Waals surface area contributed by atoms with E-state index in [9.17, 15) is 4.79 Å². The molecule has 0 rings (SSSR count). The summed E-state index contributed by atoms with van der Waals surface area (Å²) in [7, 11) is 0. The summed E-state index contributed by atoms with van der Waals surface area (Å²) < 4.78 is 0. The van der Waals surface area contributed by atoms with Gasteiger partial charge in [-0.05, 0) is 26.2 Å². The molecule has 1 unspecified atom stereocenters. The molecular formula is C11H20O. The molecule has 1 atom stereocenters. The summed E-state index contributed by atoms with van der Waals surface area (Å²) in [4.78, 5) is 11.3. The Labute approximate surface area is 75.9 Å². The molecule has 12 heavy (non-hydrogen) atoms. The van der Waals surface area contributed by atoms with E-state index in [0.29, 0.717) is 12.2 Å². The van der Waals surface area contributed by atoms with E-state index < -0.39 is 0 Å². The maximum Gasteiger partial charge on any atom is 0.135 e. The van der Waals surface area contributed by atoms with Crippen molar-refractivity contribution >= 4 is 5.78 Å². The lowest BCUT2D eigenvalue weighted by Gasteiger charge is -2.11. The summed E-state index contributed by atoms with van der Waals surface area (Å²) in [5, 5.41) is 0. The van der Waals surface area contributed by atoms with E-state index >= 15 is 0 Å². The van der Waals surface area contributed by atoms with E-state index in [1.807, 2.05) is 13.8 Å². The molecule has 0 aromatic rings. The van der Waals surface area contributed by atoms with Gasteiger partial charge in [0.25, 0.3) is 0 Å². The van der Waals surface area contributed by atoms with Crippen molar-refractivity contribution in [3.05, 3.63) is 12.2 Å². The topological polar surface area (TPSA) is 17.1 Å². The molecule has 0 bridgehead atoms. The quantitative estimate of drug-likeness (QED) is 0.556. The highest BCUT2D eigenvalue weighted by Crippen LogP contribution is 2.16. The number of hydrogen-bond acceptors (Lipinski definition) is 1. The molecule has 0 aromatic carbocycles. The third-order valence-electron chi connectivity index (χ3n) is 2.22. The van der Waals surface area contributed by atoms with Crippen LogP contribution in [0.5, 0.6) is 0 Å². The zero-order chi connectivity index (χ0) is 9.56. The van der Waals surface area contributed by atoms with Crippen molar-refractivity contribution < 1.29 is 4.79 Å². The molecule has 0 amide bonds. The average Bonchev–Trinajstić information content (AvgIpc) is 2.04. The summed E-state index contributed by atoms with van der Waals surface area (Å²) >= 11 is 0. The van der Waals surface area contributed by atoms with E-state index in [2.05, 4.69) is 13.5 Å². The number of allylic oxidation sites excluding steroid dienone is 1. The molecule has 70 valence electrons. The smallest absolute Gasteiger partial charge is 0.135 e. The van der Waals surface area contributed by atoms with Crippen LogP contribution in [0.4, 0.5) is 0 Å². The second-order valence-electron chi connectivity index (χ2n) is 3.42. The summed E-state index contributed by atoms with van der Waals surface area (Å²) in [5.74, 6) is 0.672. The Morgan fingerprint density at radius 1 is 1.42 bits per heavy atom. The first-order valence-corrected chi connectivity index (χ1v) is 4.78. The number of Topliss-reactive ketones (excluding diaryl/α,β-unsaturated/α-hetero) is 1. The van der Waals surface area contributed by atoms with Gasteiger partial charge in [0.15, 0.2) is 0 Å². The lowest BCUT2D eigenvalue weighted by Crippen LogP contribution is -2.12. The summed E-state index contributed by atoms with van der Waals surface area (Å²) in [6.45, 7) is 9.87. The zero-order valence-corrected chi connectivity index (χ0v) is 8.52. The molecule has 0 spiro atoms. The van der Waals surface area contributed by atoms with Gasteiger partial charge in [-0.3, -0.25) is 4.79 Å². The van der Waals surface area contributed by atoms with Gasteiger partial charge in [-0.1, -0.05) is 19.4 Å². The van der Waals surface area contributed by atoms with Gasteiger partial charge in [-0.2, -0.15) is 0 Å². The minimum atomic E-state index is 0.270. The largest absolute Gasteiger partial charge is 0.299 e. The SMILES string of the molecule is C=C(C)CCC(CC)C(=O)CC. The lowest BCUT2D eigenvalue weighted by molar-refractivity contribution is -0.122. The van der Waals surface area contributed by atoms with Crippen LogP contribution in [-0.4, -0.2) is 5.78 Å².